The fraction of sp³-hybridized carbons (Fsp3) is 0.240. The minimum Gasteiger partial charge on any atom is -0.495 e. The molecule has 0 atom stereocenters. The summed E-state index contributed by atoms with van der Waals surface area (Å²) >= 11 is 0. The standard InChI is InChI=1S/C25H25N7O2/c1-16-23(17-13-20-19(28-15-17)5-6-26-20)30-24(25-27-7-8-32(16)25)29-18-3-4-21(22(14-18)33-2)31-9-11-34-12-10-31/h3-8,13-15,26H,9-12H2,1-2H3,(H,29,30). The summed E-state index contributed by atoms with van der Waals surface area (Å²) in [5.41, 5.74) is 7.36. The molecule has 172 valence electrons. The molecule has 0 saturated carbocycles. The third-order valence-electron chi connectivity index (χ3n) is 6.25. The normalized spacial score (nSPS) is 14.1. The lowest BCUT2D eigenvalue weighted by Gasteiger charge is -2.30. The first-order valence-corrected chi connectivity index (χ1v) is 11.3. The van der Waals surface area contributed by atoms with Crippen LogP contribution in [0.25, 0.3) is 27.9 Å². The number of anilines is 3. The Morgan fingerprint density at radius 2 is 2.00 bits per heavy atom. The second-order valence-corrected chi connectivity index (χ2v) is 8.26. The smallest absolute Gasteiger partial charge is 0.180 e. The van der Waals surface area contributed by atoms with Gasteiger partial charge in [0.05, 0.1) is 42.7 Å². The molecule has 0 aliphatic carbocycles. The molecule has 0 bridgehead atoms. The minimum atomic E-state index is 0.665. The van der Waals surface area contributed by atoms with E-state index in [0.717, 1.165) is 77.1 Å². The van der Waals surface area contributed by atoms with Crippen molar-refractivity contribution in [3.05, 3.63) is 60.8 Å². The van der Waals surface area contributed by atoms with Crippen LogP contribution in [0.3, 0.4) is 0 Å². The molecule has 0 unspecified atom stereocenters. The molecule has 1 fully saturated rings. The van der Waals surface area contributed by atoms with E-state index in [1.165, 1.54) is 0 Å². The summed E-state index contributed by atoms with van der Waals surface area (Å²) < 4.78 is 13.3. The summed E-state index contributed by atoms with van der Waals surface area (Å²) in [5, 5.41) is 3.46. The number of pyridine rings is 1. The molecule has 1 aliphatic rings. The molecule has 5 aromatic rings. The maximum Gasteiger partial charge on any atom is 0.180 e. The molecule has 6 rings (SSSR count). The zero-order valence-corrected chi connectivity index (χ0v) is 19.1. The van der Waals surface area contributed by atoms with E-state index >= 15 is 0 Å². The molecule has 5 heterocycles. The van der Waals surface area contributed by atoms with E-state index in [-0.39, 0.29) is 0 Å². The van der Waals surface area contributed by atoms with Crippen molar-refractivity contribution in [3.63, 3.8) is 0 Å². The van der Waals surface area contributed by atoms with E-state index in [1.807, 2.05) is 48.1 Å². The van der Waals surface area contributed by atoms with E-state index < -0.39 is 0 Å². The summed E-state index contributed by atoms with van der Waals surface area (Å²) in [6, 6.07) is 10.1. The highest BCUT2D eigenvalue weighted by molar-refractivity contribution is 5.82. The van der Waals surface area contributed by atoms with Crippen LogP contribution in [0, 0.1) is 6.92 Å². The van der Waals surface area contributed by atoms with Crippen LogP contribution < -0.4 is 15.0 Å². The monoisotopic (exact) mass is 455 g/mol. The molecule has 1 aromatic carbocycles. The van der Waals surface area contributed by atoms with Crippen molar-refractivity contribution in [1.82, 2.24) is 24.3 Å². The molecule has 0 spiro atoms. The number of aryl methyl sites for hydroxylation is 1. The van der Waals surface area contributed by atoms with Crippen molar-refractivity contribution in [2.45, 2.75) is 6.92 Å². The second-order valence-electron chi connectivity index (χ2n) is 8.26. The molecule has 1 saturated heterocycles. The van der Waals surface area contributed by atoms with Gasteiger partial charge in [0.1, 0.15) is 5.75 Å². The number of benzene rings is 1. The number of aromatic amines is 1. The van der Waals surface area contributed by atoms with E-state index in [1.54, 1.807) is 13.3 Å². The van der Waals surface area contributed by atoms with Gasteiger partial charge in [0.2, 0.25) is 0 Å². The van der Waals surface area contributed by atoms with Crippen molar-refractivity contribution in [1.29, 1.82) is 0 Å². The molecule has 9 heteroatoms. The van der Waals surface area contributed by atoms with Gasteiger partial charge in [0.25, 0.3) is 0 Å². The third-order valence-corrected chi connectivity index (χ3v) is 6.25. The Hall–Kier alpha value is -4.11. The lowest BCUT2D eigenvalue weighted by molar-refractivity contribution is 0.122. The molecule has 34 heavy (non-hydrogen) atoms. The quantitative estimate of drug-likeness (QED) is 0.411. The van der Waals surface area contributed by atoms with Crippen LogP contribution in [-0.2, 0) is 4.74 Å². The second kappa shape index (κ2) is 8.35. The molecule has 0 radical (unpaired) electrons. The van der Waals surface area contributed by atoms with E-state index in [2.05, 4.69) is 37.3 Å². The number of hydrogen-bond acceptors (Lipinski definition) is 7. The van der Waals surface area contributed by atoms with Gasteiger partial charge in [-0.25, -0.2) is 9.97 Å². The zero-order chi connectivity index (χ0) is 23.1. The van der Waals surface area contributed by atoms with Crippen LogP contribution in [0.1, 0.15) is 5.69 Å². The van der Waals surface area contributed by atoms with Gasteiger partial charge in [-0.3, -0.25) is 9.38 Å². The maximum atomic E-state index is 5.72. The van der Waals surface area contributed by atoms with Crippen molar-refractivity contribution < 1.29 is 9.47 Å². The summed E-state index contributed by atoms with van der Waals surface area (Å²) in [7, 11) is 1.70. The predicted octanol–water partition coefficient (Wildman–Crippen LogP) is 4.17. The summed E-state index contributed by atoms with van der Waals surface area (Å²) in [4.78, 5) is 19.6. The van der Waals surface area contributed by atoms with Gasteiger partial charge in [-0.05, 0) is 31.2 Å². The predicted molar refractivity (Wildman–Crippen MR) is 132 cm³/mol. The number of rotatable bonds is 5. The highest BCUT2D eigenvalue weighted by Crippen LogP contribution is 2.34. The SMILES string of the molecule is COc1cc(Nc2nc(-c3cnc4cc[nH]c4c3)c(C)n3ccnc23)ccc1N1CCOCC1. The first-order chi connectivity index (χ1) is 16.7. The Bertz CT molecular complexity index is 1480. The number of imidazole rings is 1. The zero-order valence-electron chi connectivity index (χ0n) is 19.1. The minimum absolute atomic E-state index is 0.665. The van der Waals surface area contributed by atoms with Crippen molar-refractivity contribution in [3.8, 4) is 17.0 Å². The van der Waals surface area contributed by atoms with Crippen molar-refractivity contribution in [2.24, 2.45) is 0 Å². The van der Waals surface area contributed by atoms with Crippen LogP contribution in [0.15, 0.2) is 55.1 Å². The third kappa shape index (κ3) is 3.50. The van der Waals surface area contributed by atoms with E-state index in [0.29, 0.717) is 5.82 Å². The fourth-order valence-electron chi connectivity index (χ4n) is 4.48. The van der Waals surface area contributed by atoms with Crippen LogP contribution in [-0.4, -0.2) is 57.7 Å². The Balaban J connectivity index is 1.40. The van der Waals surface area contributed by atoms with E-state index in [9.17, 15) is 0 Å². The summed E-state index contributed by atoms with van der Waals surface area (Å²) in [6.07, 6.45) is 7.48. The van der Waals surface area contributed by atoms with E-state index in [4.69, 9.17) is 14.5 Å². The Morgan fingerprint density at radius 3 is 2.85 bits per heavy atom. The Kier molecular flexibility index (Phi) is 5.03. The van der Waals surface area contributed by atoms with Crippen LogP contribution in [0.5, 0.6) is 5.75 Å². The van der Waals surface area contributed by atoms with Gasteiger partial charge in [0.15, 0.2) is 11.5 Å². The maximum absolute atomic E-state index is 5.72. The average molecular weight is 456 g/mol. The fourth-order valence-corrected chi connectivity index (χ4v) is 4.48. The molecular formula is C25H25N7O2. The molecule has 9 nitrogen and oxygen atoms in total. The van der Waals surface area contributed by atoms with Crippen LogP contribution >= 0.6 is 0 Å². The number of methoxy groups -OCH3 is 1. The Morgan fingerprint density at radius 1 is 1.12 bits per heavy atom. The van der Waals surface area contributed by atoms with Gasteiger partial charge in [-0.1, -0.05) is 0 Å². The molecule has 4 aromatic heterocycles. The summed E-state index contributed by atoms with van der Waals surface area (Å²) in [6.45, 7) is 5.18. The number of hydrogen-bond donors (Lipinski definition) is 2. The molecular weight excluding hydrogens is 430 g/mol. The molecule has 2 N–H and O–H groups in total. The van der Waals surface area contributed by atoms with Crippen LogP contribution in [0.4, 0.5) is 17.2 Å². The Labute approximate surface area is 196 Å². The number of aromatic nitrogens is 5. The number of fused-ring (bicyclic) bond motifs is 2. The van der Waals surface area contributed by atoms with Gasteiger partial charge in [-0.15, -0.1) is 0 Å². The largest absolute Gasteiger partial charge is 0.495 e. The molecule has 0 amide bonds. The topological polar surface area (TPSA) is 92.6 Å². The summed E-state index contributed by atoms with van der Waals surface area (Å²) in [5.74, 6) is 1.47. The highest BCUT2D eigenvalue weighted by Gasteiger charge is 2.18. The molecule has 1 aliphatic heterocycles. The number of ether oxygens (including phenoxy) is 2. The number of morpholine rings is 1. The van der Waals surface area contributed by atoms with Gasteiger partial charge in [0, 0.05) is 60.9 Å². The van der Waals surface area contributed by atoms with Gasteiger partial charge < -0.3 is 24.7 Å². The highest BCUT2D eigenvalue weighted by atomic mass is 16.5. The lowest BCUT2D eigenvalue weighted by Crippen LogP contribution is -2.36. The van der Waals surface area contributed by atoms with Gasteiger partial charge >= 0.3 is 0 Å². The number of nitrogens with one attached hydrogen (secondary N) is 2. The lowest BCUT2D eigenvalue weighted by atomic mass is 10.1. The van der Waals surface area contributed by atoms with Gasteiger partial charge in [-0.2, -0.15) is 0 Å². The van der Waals surface area contributed by atoms with Crippen LogP contribution in [0.2, 0.25) is 0 Å². The van der Waals surface area contributed by atoms with Crippen molar-refractivity contribution >= 4 is 33.9 Å². The average Bonchev–Trinajstić information content (AvgIpc) is 3.56. The number of H-pyrrole nitrogens is 1. The first kappa shape index (κ1) is 20.5. The van der Waals surface area contributed by atoms with Crippen molar-refractivity contribution in [2.75, 3.05) is 43.6 Å². The first-order valence-electron chi connectivity index (χ1n) is 11.3. The number of nitrogens with zero attached hydrogens (tertiary/aromatic N) is 5.